The Kier molecular flexibility index (Phi) is 4.01. The minimum absolute atomic E-state index is 0.118. The third-order valence-corrected chi connectivity index (χ3v) is 2.93. The Morgan fingerprint density at radius 1 is 1.44 bits per heavy atom. The number of aromatic nitrogens is 2. The number of ether oxygens (including phenoxy) is 1. The molecule has 0 radical (unpaired) electrons. The van der Waals surface area contributed by atoms with Crippen molar-refractivity contribution in [2.24, 2.45) is 0 Å². The molecule has 1 aliphatic heterocycles. The number of morpholine rings is 1. The second kappa shape index (κ2) is 5.52. The van der Waals surface area contributed by atoms with Crippen molar-refractivity contribution in [1.29, 1.82) is 0 Å². The highest BCUT2D eigenvalue weighted by Gasteiger charge is 2.28. The Morgan fingerprint density at radius 2 is 2.28 bits per heavy atom. The molecule has 5 heteroatoms. The molecule has 5 nitrogen and oxygen atoms in total. The molecule has 0 aliphatic carbocycles. The summed E-state index contributed by atoms with van der Waals surface area (Å²) >= 11 is 0. The maximum Gasteiger partial charge on any atom is 0.149 e. The average molecular weight is 250 g/mol. The van der Waals surface area contributed by atoms with E-state index in [1.807, 2.05) is 6.20 Å². The fourth-order valence-corrected chi connectivity index (χ4v) is 2.06. The minimum atomic E-state index is -0.118. The zero-order chi connectivity index (χ0) is 13.0. The van der Waals surface area contributed by atoms with Gasteiger partial charge in [0.2, 0.25) is 0 Å². The molecule has 1 aliphatic rings. The number of nitrogens with one attached hydrogen (secondary N) is 1. The summed E-state index contributed by atoms with van der Waals surface area (Å²) in [4.78, 5) is 11.1. The summed E-state index contributed by atoms with van der Waals surface area (Å²) in [5.74, 6) is 1.77. The van der Waals surface area contributed by atoms with E-state index in [9.17, 15) is 0 Å². The van der Waals surface area contributed by atoms with Gasteiger partial charge in [-0.3, -0.25) is 4.98 Å². The third-order valence-electron chi connectivity index (χ3n) is 2.93. The highest BCUT2D eigenvalue weighted by atomic mass is 16.5. The smallest absolute Gasteiger partial charge is 0.149 e. The molecule has 0 amide bonds. The van der Waals surface area contributed by atoms with Crippen LogP contribution in [0.2, 0.25) is 0 Å². The van der Waals surface area contributed by atoms with Crippen molar-refractivity contribution in [2.45, 2.75) is 32.8 Å². The van der Waals surface area contributed by atoms with Gasteiger partial charge in [0.05, 0.1) is 24.6 Å². The SMILES string of the molecule is CCCNc1cncc(N2CCOC(C)(C)C2)n1. The van der Waals surface area contributed by atoms with Crippen LogP contribution in [0, 0.1) is 0 Å². The van der Waals surface area contributed by atoms with Crippen LogP contribution in [0.1, 0.15) is 27.2 Å². The first-order valence-corrected chi connectivity index (χ1v) is 6.55. The monoisotopic (exact) mass is 250 g/mol. The zero-order valence-corrected chi connectivity index (χ0v) is 11.4. The summed E-state index contributed by atoms with van der Waals surface area (Å²) in [5, 5.41) is 3.26. The lowest BCUT2D eigenvalue weighted by Crippen LogP contribution is -2.48. The largest absolute Gasteiger partial charge is 0.372 e. The average Bonchev–Trinajstić information content (AvgIpc) is 2.35. The van der Waals surface area contributed by atoms with Crippen molar-refractivity contribution in [1.82, 2.24) is 9.97 Å². The number of hydrogen-bond acceptors (Lipinski definition) is 5. The van der Waals surface area contributed by atoms with E-state index in [0.29, 0.717) is 0 Å². The fraction of sp³-hybridized carbons (Fsp3) is 0.692. The Bertz CT molecular complexity index is 394. The van der Waals surface area contributed by atoms with Crippen molar-refractivity contribution < 1.29 is 4.74 Å². The van der Waals surface area contributed by atoms with Gasteiger partial charge in [-0.1, -0.05) is 6.92 Å². The van der Waals surface area contributed by atoms with Gasteiger partial charge >= 0.3 is 0 Å². The third kappa shape index (κ3) is 3.32. The predicted molar refractivity (Wildman–Crippen MR) is 73.1 cm³/mol. The highest BCUT2D eigenvalue weighted by molar-refractivity contribution is 5.44. The quantitative estimate of drug-likeness (QED) is 0.884. The predicted octanol–water partition coefficient (Wildman–Crippen LogP) is 1.91. The molecular weight excluding hydrogens is 228 g/mol. The first kappa shape index (κ1) is 13.1. The topological polar surface area (TPSA) is 50.3 Å². The van der Waals surface area contributed by atoms with Gasteiger partial charge in [-0.05, 0) is 20.3 Å². The van der Waals surface area contributed by atoms with E-state index in [0.717, 1.165) is 44.3 Å². The summed E-state index contributed by atoms with van der Waals surface area (Å²) in [5.41, 5.74) is -0.118. The molecule has 0 aromatic carbocycles. The van der Waals surface area contributed by atoms with Crippen LogP contribution in [0.3, 0.4) is 0 Å². The molecule has 0 spiro atoms. The second-order valence-electron chi connectivity index (χ2n) is 5.22. The van der Waals surface area contributed by atoms with Crippen molar-refractivity contribution in [3.63, 3.8) is 0 Å². The Hall–Kier alpha value is -1.36. The minimum Gasteiger partial charge on any atom is -0.372 e. The van der Waals surface area contributed by atoms with E-state index in [2.05, 4.69) is 41.0 Å². The molecule has 1 fully saturated rings. The molecule has 18 heavy (non-hydrogen) atoms. The number of nitrogens with zero attached hydrogens (tertiary/aromatic N) is 3. The lowest BCUT2D eigenvalue weighted by atomic mass is 10.1. The summed E-state index contributed by atoms with van der Waals surface area (Å²) < 4.78 is 5.71. The Morgan fingerprint density at radius 3 is 3.00 bits per heavy atom. The normalized spacial score (nSPS) is 18.7. The van der Waals surface area contributed by atoms with Crippen LogP contribution in [0.5, 0.6) is 0 Å². The molecular formula is C13H22N4O. The molecule has 1 N–H and O–H groups in total. The van der Waals surface area contributed by atoms with Gasteiger partial charge in [0.15, 0.2) is 0 Å². The molecule has 0 unspecified atom stereocenters. The molecule has 1 aromatic heterocycles. The lowest BCUT2D eigenvalue weighted by molar-refractivity contribution is -0.0279. The van der Waals surface area contributed by atoms with Crippen molar-refractivity contribution in [2.75, 3.05) is 36.5 Å². The van der Waals surface area contributed by atoms with Gasteiger partial charge in [-0.25, -0.2) is 4.98 Å². The standard InChI is InChI=1S/C13H22N4O/c1-4-5-15-11-8-14-9-12(16-11)17-6-7-18-13(2,3)10-17/h8-9H,4-7,10H2,1-3H3,(H,15,16). The molecule has 100 valence electrons. The summed E-state index contributed by atoms with van der Waals surface area (Å²) in [6.45, 7) is 9.72. The summed E-state index contributed by atoms with van der Waals surface area (Å²) in [6, 6.07) is 0. The second-order valence-corrected chi connectivity index (χ2v) is 5.22. The fourth-order valence-electron chi connectivity index (χ4n) is 2.06. The van der Waals surface area contributed by atoms with Gasteiger partial charge in [-0.2, -0.15) is 0 Å². The Balaban J connectivity index is 2.07. The van der Waals surface area contributed by atoms with E-state index in [1.54, 1.807) is 6.20 Å². The van der Waals surface area contributed by atoms with Crippen LogP contribution in [0.15, 0.2) is 12.4 Å². The van der Waals surface area contributed by atoms with E-state index < -0.39 is 0 Å². The van der Waals surface area contributed by atoms with E-state index in [1.165, 1.54) is 0 Å². The van der Waals surface area contributed by atoms with Gasteiger partial charge in [0.1, 0.15) is 11.6 Å². The van der Waals surface area contributed by atoms with E-state index in [-0.39, 0.29) is 5.60 Å². The molecule has 2 heterocycles. The first-order chi connectivity index (χ1) is 8.61. The van der Waals surface area contributed by atoms with Gasteiger partial charge in [0, 0.05) is 19.6 Å². The molecule has 0 saturated carbocycles. The van der Waals surface area contributed by atoms with Gasteiger partial charge in [0.25, 0.3) is 0 Å². The van der Waals surface area contributed by atoms with E-state index in [4.69, 9.17) is 4.74 Å². The number of rotatable bonds is 4. The maximum absolute atomic E-state index is 5.71. The molecule has 2 rings (SSSR count). The summed E-state index contributed by atoms with van der Waals surface area (Å²) in [6.07, 6.45) is 4.67. The van der Waals surface area contributed by atoms with Crippen LogP contribution in [0.25, 0.3) is 0 Å². The van der Waals surface area contributed by atoms with Crippen LogP contribution in [0.4, 0.5) is 11.6 Å². The van der Waals surface area contributed by atoms with Crippen molar-refractivity contribution in [3.05, 3.63) is 12.4 Å². The molecule has 0 bridgehead atoms. The highest BCUT2D eigenvalue weighted by Crippen LogP contribution is 2.21. The van der Waals surface area contributed by atoms with Crippen molar-refractivity contribution in [3.8, 4) is 0 Å². The zero-order valence-electron chi connectivity index (χ0n) is 11.4. The maximum atomic E-state index is 5.71. The van der Waals surface area contributed by atoms with Crippen LogP contribution < -0.4 is 10.2 Å². The van der Waals surface area contributed by atoms with Gasteiger partial charge < -0.3 is 15.0 Å². The van der Waals surface area contributed by atoms with Crippen LogP contribution in [-0.2, 0) is 4.74 Å². The van der Waals surface area contributed by atoms with E-state index >= 15 is 0 Å². The number of hydrogen-bond donors (Lipinski definition) is 1. The number of anilines is 2. The van der Waals surface area contributed by atoms with Crippen LogP contribution >= 0.6 is 0 Å². The van der Waals surface area contributed by atoms with Gasteiger partial charge in [-0.15, -0.1) is 0 Å². The summed E-state index contributed by atoms with van der Waals surface area (Å²) in [7, 11) is 0. The Labute approximate surface area is 109 Å². The first-order valence-electron chi connectivity index (χ1n) is 6.55. The molecule has 0 atom stereocenters. The molecule has 1 aromatic rings. The molecule has 1 saturated heterocycles. The van der Waals surface area contributed by atoms with Crippen LogP contribution in [-0.4, -0.2) is 41.8 Å². The lowest BCUT2D eigenvalue weighted by Gasteiger charge is -2.38. The van der Waals surface area contributed by atoms with Crippen molar-refractivity contribution >= 4 is 11.6 Å².